The lowest BCUT2D eigenvalue weighted by Gasteiger charge is -2.19. The lowest BCUT2D eigenvalue weighted by molar-refractivity contribution is -0.116. The van der Waals surface area contributed by atoms with Crippen molar-refractivity contribution in [3.05, 3.63) is 48.3 Å². The zero-order valence-corrected chi connectivity index (χ0v) is 13.2. The van der Waals surface area contributed by atoms with E-state index in [4.69, 9.17) is 9.47 Å². The number of methoxy groups -OCH3 is 1. The van der Waals surface area contributed by atoms with Gasteiger partial charge >= 0.3 is 0 Å². The van der Waals surface area contributed by atoms with Gasteiger partial charge in [-0.05, 0) is 29.8 Å². The van der Waals surface area contributed by atoms with Gasteiger partial charge < -0.3 is 14.4 Å². The molecule has 1 aliphatic heterocycles. The Morgan fingerprint density at radius 1 is 1.17 bits per heavy atom. The van der Waals surface area contributed by atoms with E-state index in [1.165, 1.54) is 5.56 Å². The van der Waals surface area contributed by atoms with Gasteiger partial charge in [0.1, 0.15) is 0 Å². The van der Waals surface area contributed by atoms with Crippen LogP contribution in [-0.2, 0) is 11.2 Å². The van der Waals surface area contributed by atoms with Crippen LogP contribution in [0, 0.1) is 0 Å². The SMILES string of the molecule is COc1ccc(N2CCC(=O)C2)cc1OCCc1ccncc1. The van der Waals surface area contributed by atoms with Crippen LogP contribution in [0.1, 0.15) is 12.0 Å². The maximum Gasteiger partial charge on any atom is 0.163 e. The Bertz CT molecular complexity index is 673. The fourth-order valence-electron chi connectivity index (χ4n) is 2.65. The number of benzene rings is 1. The van der Waals surface area contributed by atoms with Crippen molar-refractivity contribution in [2.75, 3.05) is 31.7 Å². The first-order valence-corrected chi connectivity index (χ1v) is 7.72. The number of carbonyl (C=O) groups is 1. The highest BCUT2D eigenvalue weighted by Crippen LogP contribution is 2.32. The number of ketones is 1. The largest absolute Gasteiger partial charge is 0.493 e. The van der Waals surface area contributed by atoms with Crippen LogP contribution in [0.15, 0.2) is 42.7 Å². The summed E-state index contributed by atoms with van der Waals surface area (Å²) in [5.41, 5.74) is 2.18. The van der Waals surface area contributed by atoms with Crippen molar-refractivity contribution in [2.45, 2.75) is 12.8 Å². The lowest BCUT2D eigenvalue weighted by atomic mass is 10.2. The first kappa shape index (κ1) is 15.3. The Hall–Kier alpha value is -2.56. The second-order valence-corrected chi connectivity index (χ2v) is 5.50. The van der Waals surface area contributed by atoms with Crippen LogP contribution in [0.25, 0.3) is 0 Å². The molecule has 23 heavy (non-hydrogen) atoms. The Morgan fingerprint density at radius 2 is 2.00 bits per heavy atom. The molecule has 0 N–H and O–H groups in total. The summed E-state index contributed by atoms with van der Waals surface area (Å²) >= 11 is 0. The number of rotatable bonds is 6. The highest BCUT2D eigenvalue weighted by Gasteiger charge is 2.20. The van der Waals surface area contributed by atoms with Crippen molar-refractivity contribution in [3.8, 4) is 11.5 Å². The number of Topliss-reactive ketones (excluding diaryl/α,β-unsaturated/α-hetero) is 1. The number of aromatic nitrogens is 1. The number of nitrogens with zero attached hydrogens (tertiary/aromatic N) is 2. The van der Waals surface area contributed by atoms with Crippen LogP contribution >= 0.6 is 0 Å². The summed E-state index contributed by atoms with van der Waals surface area (Å²) in [6, 6.07) is 9.76. The van der Waals surface area contributed by atoms with Gasteiger partial charge in [-0.3, -0.25) is 9.78 Å². The summed E-state index contributed by atoms with van der Waals surface area (Å²) in [7, 11) is 1.63. The number of hydrogen-bond donors (Lipinski definition) is 0. The number of pyridine rings is 1. The standard InChI is InChI=1S/C18H20N2O3/c1-22-17-3-2-15(20-10-6-16(21)13-20)12-18(17)23-11-7-14-4-8-19-9-5-14/h2-5,8-9,12H,6-7,10-11,13H2,1H3. The molecule has 0 unspecified atom stereocenters. The summed E-state index contributed by atoms with van der Waals surface area (Å²) in [6.07, 6.45) is 4.98. The lowest BCUT2D eigenvalue weighted by Crippen LogP contribution is -2.19. The second-order valence-electron chi connectivity index (χ2n) is 5.50. The Balaban J connectivity index is 1.68. The Morgan fingerprint density at radius 3 is 2.70 bits per heavy atom. The Kier molecular flexibility index (Phi) is 4.76. The van der Waals surface area contributed by atoms with Crippen molar-refractivity contribution in [1.29, 1.82) is 0 Å². The van der Waals surface area contributed by atoms with E-state index in [2.05, 4.69) is 9.88 Å². The maximum atomic E-state index is 11.5. The van der Waals surface area contributed by atoms with Crippen molar-refractivity contribution in [1.82, 2.24) is 4.98 Å². The van der Waals surface area contributed by atoms with E-state index in [0.717, 1.165) is 18.7 Å². The molecule has 120 valence electrons. The third-order valence-corrected chi connectivity index (χ3v) is 3.94. The number of ether oxygens (including phenoxy) is 2. The molecule has 0 saturated carbocycles. The topological polar surface area (TPSA) is 51.7 Å². The molecule has 1 fully saturated rings. The van der Waals surface area contributed by atoms with Gasteiger partial charge in [0.25, 0.3) is 0 Å². The minimum absolute atomic E-state index is 0.279. The van der Waals surface area contributed by atoms with Crippen molar-refractivity contribution in [3.63, 3.8) is 0 Å². The van der Waals surface area contributed by atoms with Gasteiger partial charge in [0.05, 0.1) is 20.3 Å². The fraction of sp³-hybridized carbons (Fsp3) is 0.333. The molecule has 1 aromatic heterocycles. The molecule has 0 bridgehead atoms. The molecule has 0 amide bonds. The molecule has 0 radical (unpaired) electrons. The van der Waals surface area contributed by atoms with Crippen LogP contribution in [-0.4, -0.2) is 37.6 Å². The molecule has 0 aliphatic carbocycles. The summed E-state index contributed by atoms with van der Waals surface area (Å²) in [5, 5.41) is 0. The van der Waals surface area contributed by atoms with Crippen LogP contribution in [0.5, 0.6) is 11.5 Å². The molecule has 0 atom stereocenters. The van der Waals surface area contributed by atoms with Crippen molar-refractivity contribution >= 4 is 11.5 Å². The molecule has 3 rings (SSSR count). The summed E-state index contributed by atoms with van der Waals surface area (Å²) in [6.45, 7) is 1.80. The van der Waals surface area contributed by atoms with Crippen LogP contribution in [0.4, 0.5) is 5.69 Å². The van der Waals surface area contributed by atoms with Crippen molar-refractivity contribution < 1.29 is 14.3 Å². The highest BCUT2D eigenvalue weighted by atomic mass is 16.5. The van der Waals surface area contributed by atoms with Gasteiger partial charge in [-0.25, -0.2) is 0 Å². The van der Waals surface area contributed by atoms with Crippen LogP contribution in [0.3, 0.4) is 0 Å². The quantitative estimate of drug-likeness (QED) is 0.820. The maximum absolute atomic E-state index is 11.5. The minimum Gasteiger partial charge on any atom is -0.493 e. The highest BCUT2D eigenvalue weighted by molar-refractivity contribution is 5.87. The molecular formula is C18H20N2O3. The van der Waals surface area contributed by atoms with E-state index in [0.29, 0.717) is 31.1 Å². The minimum atomic E-state index is 0.279. The summed E-state index contributed by atoms with van der Waals surface area (Å²) < 4.78 is 11.3. The average molecular weight is 312 g/mol. The summed E-state index contributed by atoms with van der Waals surface area (Å²) in [4.78, 5) is 17.5. The van der Waals surface area contributed by atoms with Crippen molar-refractivity contribution in [2.24, 2.45) is 0 Å². The van der Waals surface area contributed by atoms with Gasteiger partial charge in [-0.2, -0.15) is 0 Å². The second kappa shape index (κ2) is 7.13. The van der Waals surface area contributed by atoms with Gasteiger partial charge in [-0.1, -0.05) is 0 Å². The predicted octanol–water partition coefficient (Wildman–Crippen LogP) is 2.49. The molecular weight excluding hydrogens is 292 g/mol. The van der Waals surface area contributed by atoms with Gasteiger partial charge in [0.2, 0.25) is 0 Å². The van der Waals surface area contributed by atoms with Gasteiger partial charge in [0, 0.05) is 43.5 Å². The molecule has 5 heteroatoms. The molecule has 2 heterocycles. The molecule has 1 aromatic carbocycles. The zero-order chi connectivity index (χ0) is 16.1. The third-order valence-electron chi connectivity index (χ3n) is 3.94. The van der Waals surface area contributed by atoms with E-state index in [9.17, 15) is 4.79 Å². The van der Waals surface area contributed by atoms with Gasteiger partial charge in [-0.15, -0.1) is 0 Å². The number of hydrogen-bond acceptors (Lipinski definition) is 5. The first-order valence-electron chi connectivity index (χ1n) is 7.72. The normalized spacial score (nSPS) is 14.1. The predicted molar refractivity (Wildman–Crippen MR) is 88.3 cm³/mol. The fourth-order valence-corrected chi connectivity index (χ4v) is 2.65. The van der Waals surface area contributed by atoms with E-state index in [-0.39, 0.29) is 5.78 Å². The van der Waals surface area contributed by atoms with E-state index in [1.54, 1.807) is 19.5 Å². The molecule has 1 aliphatic rings. The zero-order valence-electron chi connectivity index (χ0n) is 13.2. The van der Waals surface area contributed by atoms with E-state index in [1.807, 2.05) is 30.3 Å². The molecule has 5 nitrogen and oxygen atoms in total. The molecule has 1 saturated heterocycles. The molecule has 0 spiro atoms. The summed E-state index contributed by atoms with van der Waals surface area (Å²) in [5.74, 6) is 1.69. The first-order chi connectivity index (χ1) is 11.3. The van der Waals surface area contributed by atoms with E-state index >= 15 is 0 Å². The monoisotopic (exact) mass is 312 g/mol. The van der Waals surface area contributed by atoms with Crippen LogP contribution < -0.4 is 14.4 Å². The molecule has 2 aromatic rings. The number of carbonyl (C=O) groups excluding carboxylic acids is 1. The Labute approximate surface area is 135 Å². The average Bonchev–Trinajstić information content (AvgIpc) is 3.02. The van der Waals surface area contributed by atoms with Gasteiger partial charge in [0.15, 0.2) is 17.3 Å². The third kappa shape index (κ3) is 3.80. The van der Waals surface area contributed by atoms with E-state index < -0.39 is 0 Å². The number of anilines is 1. The van der Waals surface area contributed by atoms with Crippen LogP contribution in [0.2, 0.25) is 0 Å². The smallest absolute Gasteiger partial charge is 0.163 e.